The van der Waals surface area contributed by atoms with E-state index in [0.29, 0.717) is 17.9 Å². The largest absolute Gasteiger partial charge is 0.480 e. The van der Waals surface area contributed by atoms with Crippen LogP contribution < -0.4 is 0 Å². The summed E-state index contributed by atoms with van der Waals surface area (Å²) in [5.74, 6) is -0.747. The molecular formula is C18H21N3O3. The number of fused-ring (bicyclic) bond motifs is 2. The Morgan fingerprint density at radius 1 is 1.25 bits per heavy atom. The predicted molar refractivity (Wildman–Crippen MR) is 88.7 cm³/mol. The Hall–Kier alpha value is -2.37. The van der Waals surface area contributed by atoms with E-state index in [0.717, 1.165) is 36.7 Å². The molecule has 1 aliphatic carbocycles. The van der Waals surface area contributed by atoms with E-state index in [1.54, 1.807) is 23.4 Å². The van der Waals surface area contributed by atoms with Crippen molar-refractivity contribution >= 4 is 22.9 Å². The molecule has 2 heterocycles. The average molecular weight is 327 g/mol. The van der Waals surface area contributed by atoms with Gasteiger partial charge in [0.05, 0.1) is 17.4 Å². The second-order valence-corrected chi connectivity index (χ2v) is 6.97. The zero-order chi connectivity index (χ0) is 16.8. The molecule has 1 saturated heterocycles. The molecule has 3 atom stereocenters. The van der Waals surface area contributed by atoms with E-state index in [1.807, 2.05) is 17.7 Å². The van der Waals surface area contributed by atoms with Gasteiger partial charge in [-0.1, -0.05) is 12.8 Å². The first kappa shape index (κ1) is 15.2. The number of carboxylic acid groups (broad SMARTS) is 1. The number of likely N-dealkylation sites (tertiary alicyclic amines) is 1. The van der Waals surface area contributed by atoms with Crippen LogP contribution in [0.15, 0.2) is 24.5 Å². The number of imidazole rings is 1. The molecule has 1 aromatic heterocycles. The minimum atomic E-state index is -0.892. The van der Waals surface area contributed by atoms with Gasteiger partial charge in [-0.15, -0.1) is 0 Å². The fraction of sp³-hybridized carbons (Fsp3) is 0.500. The number of benzene rings is 1. The maximum absolute atomic E-state index is 13.1. The van der Waals surface area contributed by atoms with Crippen molar-refractivity contribution in [1.82, 2.24) is 14.5 Å². The Labute approximate surface area is 140 Å². The van der Waals surface area contributed by atoms with Gasteiger partial charge in [-0.05, 0) is 43.4 Å². The Balaban J connectivity index is 1.70. The van der Waals surface area contributed by atoms with E-state index in [1.165, 1.54) is 0 Å². The summed E-state index contributed by atoms with van der Waals surface area (Å²) in [5, 5.41) is 9.59. The van der Waals surface area contributed by atoms with Gasteiger partial charge in [0.1, 0.15) is 6.04 Å². The van der Waals surface area contributed by atoms with E-state index in [9.17, 15) is 14.7 Å². The predicted octanol–water partition coefficient (Wildman–Crippen LogP) is 2.43. The average Bonchev–Trinajstić information content (AvgIpc) is 3.15. The molecule has 1 aliphatic heterocycles. The van der Waals surface area contributed by atoms with Crippen molar-refractivity contribution < 1.29 is 14.7 Å². The SMILES string of the molecule is Cn1cnc2cc(C(=O)N3C(C(=O)O)CC4CCCCC43)ccc21. The summed E-state index contributed by atoms with van der Waals surface area (Å²) in [7, 11) is 1.91. The Morgan fingerprint density at radius 3 is 2.83 bits per heavy atom. The highest BCUT2D eigenvalue weighted by Crippen LogP contribution is 2.40. The van der Waals surface area contributed by atoms with Crippen molar-refractivity contribution in [2.45, 2.75) is 44.2 Å². The lowest BCUT2D eigenvalue weighted by atomic mass is 9.84. The highest BCUT2D eigenvalue weighted by Gasteiger charge is 2.47. The zero-order valence-electron chi connectivity index (χ0n) is 13.7. The van der Waals surface area contributed by atoms with Gasteiger partial charge in [0, 0.05) is 18.7 Å². The van der Waals surface area contributed by atoms with Crippen LogP contribution in [0.25, 0.3) is 11.0 Å². The van der Waals surface area contributed by atoms with Crippen LogP contribution in [0.5, 0.6) is 0 Å². The maximum Gasteiger partial charge on any atom is 0.326 e. The van der Waals surface area contributed by atoms with Crippen LogP contribution in [-0.4, -0.2) is 43.5 Å². The number of amides is 1. The van der Waals surface area contributed by atoms with E-state index in [-0.39, 0.29) is 11.9 Å². The molecular weight excluding hydrogens is 306 g/mol. The molecule has 1 amide bonds. The van der Waals surface area contributed by atoms with Gasteiger partial charge in [0.2, 0.25) is 0 Å². The van der Waals surface area contributed by atoms with Crippen molar-refractivity contribution in [3.8, 4) is 0 Å². The topological polar surface area (TPSA) is 75.4 Å². The van der Waals surface area contributed by atoms with Crippen molar-refractivity contribution in [2.24, 2.45) is 13.0 Å². The molecule has 126 valence electrons. The number of rotatable bonds is 2. The Kier molecular flexibility index (Phi) is 3.55. The summed E-state index contributed by atoms with van der Waals surface area (Å²) in [6.45, 7) is 0. The third-order valence-electron chi connectivity index (χ3n) is 5.58. The number of aromatic nitrogens is 2. The summed E-state index contributed by atoms with van der Waals surface area (Å²) < 4.78 is 1.90. The van der Waals surface area contributed by atoms with E-state index in [2.05, 4.69) is 4.98 Å². The Morgan fingerprint density at radius 2 is 2.04 bits per heavy atom. The minimum absolute atomic E-state index is 0.0618. The van der Waals surface area contributed by atoms with Crippen LogP contribution in [0.4, 0.5) is 0 Å². The van der Waals surface area contributed by atoms with Crippen molar-refractivity contribution in [3.63, 3.8) is 0 Å². The lowest BCUT2D eigenvalue weighted by Crippen LogP contribution is -2.46. The molecule has 6 nitrogen and oxygen atoms in total. The standard InChI is InChI=1S/C18H21N3O3/c1-20-10-19-13-8-12(6-7-15(13)20)17(22)21-14-5-3-2-4-11(14)9-16(21)18(23)24/h6-8,10-11,14,16H,2-5,9H2,1H3,(H,23,24). The second kappa shape index (κ2) is 5.61. The van der Waals surface area contributed by atoms with Gasteiger partial charge in [0.15, 0.2) is 0 Å². The Bertz CT molecular complexity index is 813. The van der Waals surface area contributed by atoms with Crippen molar-refractivity contribution in [1.29, 1.82) is 0 Å². The van der Waals surface area contributed by atoms with Crippen LogP contribution in [0.3, 0.4) is 0 Å². The van der Waals surface area contributed by atoms with Crippen LogP contribution in [0.2, 0.25) is 0 Å². The zero-order valence-corrected chi connectivity index (χ0v) is 13.7. The molecule has 4 rings (SSSR count). The molecule has 0 radical (unpaired) electrons. The van der Waals surface area contributed by atoms with E-state index >= 15 is 0 Å². The molecule has 1 aromatic carbocycles. The fourth-order valence-electron chi connectivity index (χ4n) is 4.39. The number of carbonyl (C=O) groups is 2. The first-order valence-electron chi connectivity index (χ1n) is 8.53. The first-order chi connectivity index (χ1) is 11.6. The van der Waals surface area contributed by atoms with Crippen LogP contribution in [0.1, 0.15) is 42.5 Å². The summed E-state index contributed by atoms with van der Waals surface area (Å²) in [6, 6.07) is 4.78. The number of hydrogen-bond acceptors (Lipinski definition) is 3. The van der Waals surface area contributed by atoms with Crippen molar-refractivity contribution in [3.05, 3.63) is 30.1 Å². The molecule has 6 heteroatoms. The minimum Gasteiger partial charge on any atom is -0.480 e. The lowest BCUT2D eigenvalue weighted by Gasteiger charge is -2.33. The molecule has 0 bridgehead atoms. The van der Waals surface area contributed by atoms with Gasteiger partial charge in [-0.2, -0.15) is 0 Å². The fourth-order valence-corrected chi connectivity index (χ4v) is 4.39. The quantitative estimate of drug-likeness (QED) is 0.919. The van der Waals surface area contributed by atoms with Gasteiger partial charge < -0.3 is 14.6 Å². The summed E-state index contributed by atoms with van der Waals surface area (Å²) >= 11 is 0. The molecule has 1 saturated carbocycles. The normalized spacial score (nSPS) is 26.5. The summed E-state index contributed by atoms with van der Waals surface area (Å²) in [6.07, 6.45) is 6.43. The van der Waals surface area contributed by atoms with E-state index in [4.69, 9.17) is 0 Å². The molecule has 3 unspecified atom stereocenters. The van der Waals surface area contributed by atoms with Crippen LogP contribution in [-0.2, 0) is 11.8 Å². The monoisotopic (exact) mass is 327 g/mol. The van der Waals surface area contributed by atoms with Gasteiger partial charge in [-0.3, -0.25) is 4.79 Å². The van der Waals surface area contributed by atoms with Crippen molar-refractivity contribution in [2.75, 3.05) is 0 Å². The smallest absolute Gasteiger partial charge is 0.326 e. The molecule has 24 heavy (non-hydrogen) atoms. The third kappa shape index (κ3) is 2.28. The van der Waals surface area contributed by atoms with Crippen LogP contribution in [0, 0.1) is 5.92 Å². The summed E-state index contributed by atoms with van der Waals surface area (Å²) in [4.78, 5) is 30.7. The number of carboxylic acids is 1. The molecule has 0 spiro atoms. The highest BCUT2D eigenvalue weighted by molar-refractivity contribution is 5.99. The molecule has 2 aromatic rings. The lowest BCUT2D eigenvalue weighted by molar-refractivity contribution is -0.141. The number of aliphatic carboxylic acids is 1. The summed E-state index contributed by atoms with van der Waals surface area (Å²) in [5.41, 5.74) is 2.24. The third-order valence-corrected chi connectivity index (χ3v) is 5.58. The molecule has 1 N–H and O–H groups in total. The van der Waals surface area contributed by atoms with Gasteiger partial charge in [-0.25, -0.2) is 9.78 Å². The molecule has 2 aliphatic rings. The van der Waals surface area contributed by atoms with Gasteiger partial charge in [0.25, 0.3) is 5.91 Å². The first-order valence-corrected chi connectivity index (χ1v) is 8.53. The number of hydrogen-bond donors (Lipinski definition) is 1. The van der Waals surface area contributed by atoms with E-state index < -0.39 is 12.0 Å². The number of aryl methyl sites for hydroxylation is 1. The highest BCUT2D eigenvalue weighted by atomic mass is 16.4. The molecule has 2 fully saturated rings. The second-order valence-electron chi connectivity index (χ2n) is 6.97. The number of carbonyl (C=O) groups excluding carboxylic acids is 1. The number of nitrogens with zero attached hydrogens (tertiary/aromatic N) is 3. The maximum atomic E-state index is 13.1. The van der Waals surface area contributed by atoms with Crippen LogP contribution >= 0.6 is 0 Å². The van der Waals surface area contributed by atoms with Gasteiger partial charge >= 0.3 is 5.97 Å².